The summed E-state index contributed by atoms with van der Waals surface area (Å²) in [6.45, 7) is 8.83. The van der Waals surface area contributed by atoms with Crippen molar-refractivity contribution in [3.8, 4) is 17.2 Å². The summed E-state index contributed by atoms with van der Waals surface area (Å²) in [6.07, 6.45) is 3.21. The minimum Gasteiger partial charge on any atom is -0.490 e. The Labute approximate surface area is 208 Å². The highest BCUT2D eigenvalue weighted by Gasteiger charge is 2.11. The Morgan fingerprint density at radius 3 is 2.47 bits per heavy atom. The molecule has 34 heavy (non-hydrogen) atoms. The molecule has 6 nitrogen and oxygen atoms in total. The van der Waals surface area contributed by atoms with Gasteiger partial charge in [-0.15, -0.1) is 0 Å². The number of hydrogen-bond donors (Lipinski definition) is 1. The van der Waals surface area contributed by atoms with Crippen molar-refractivity contribution >= 4 is 28.1 Å². The van der Waals surface area contributed by atoms with Crippen LogP contribution < -0.4 is 19.6 Å². The van der Waals surface area contributed by atoms with Crippen LogP contribution in [0.1, 0.15) is 34.0 Å². The highest BCUT2D eigenvalue weighted by molar-refractivity contribution is 9.10. The number of nitrogens with one attached hydrogen (secondary N) is 1. The Morgan fingerprint density at radius 1 is 1.00 bits per heavy atom. The first kappa shape index (κ1) is 25.1. The first-order chi connectivity index (χ1) is 16.5. The normalized spacial score (nSPS) is 10.7. The lowest BCUT2D eigenvalue weighted by molar-refractivity contribution is 0.0954. The number of carbonyl (C=O) groups is 1. The van der Waals surface area contributed by atoms with Crippen molar-refractivity contribution in [2.45, 2.75) is 20.5 Å². The summed E-state index contributed by atoms with van der Waals surface area (Å²) in [6, 6.07) is 18.8. The number of halogens is 1. The van der Waals surface area contributed by atoms with Crippen LogP contribution >= 0.6 is 15.9 Å². The minimum absolute atomic E-state index is 0.348. The molecule has 0 aliphatic carbocycles. The van der Waals surface area contributed by atoms with E-state index in [4.69, 9.17) is 14.2 Å². The lowest BCUT2D eigenvalue weighted by atomic mass is 10.2. The van der Waals surface area contributed by atoms with Crippen LogP contribution in [0.3, 0.4) is 0 Å². The minimum atomic E-state index is -0.357. The van der Waals surface area contributed by atoms with Gasteiger partial charge in [-0.2, -0.15) is 5.10 Å². The third-order valence-corrected chi connectivity index (χ3v) is 5.33. The van der Waals surface area contributed by atoms with E-state index < -0.39 is 0 Å². The number of benzene rings is 3. The lowest BCUT2D eigenvalue weighted by Crippen LogP contribution is -2.17. The molecular weight excluding hydrogens is 496 g/mol. The summed E-state index contributed by atoms with van der Waals surface area (Å²) >= 11 is 3.53. The molecule has 0 heterocycles. The average Bonchev–Trinajstić information content (AvgIpc) is 2.84. The van der Waals surface area contributed by atoms with Gasteiger partial charge in [-0.25, -0.2) is 5.43 Å². The molecule has 0 fully saturated rings. The molecule has 3 aromatic carbocycles. The predicted octanol–water partition coefficient (Wildman–Crippen LogP) is 6.06. The molecular formula is C27H27BrN2O4. The molecule has 0 saturated carbocycles. The van der Waals surface area contributed by atoms with Crippen molar-refractivity contribution in [2.75, 3.05) is 13.2 Å². The number of amides is 1. The fourth-order valence-corrected chi connectivity index (χ4v) is 3.49. The number of aryl methyl sites for hydroxylation is 1. The van der Waals surface area contributed by atoms with Gasteiger partial charge in [-0.1, -0.05) is 42.5 Å². The Hall–Kier alpha value is -3.58. The maximum atomic E-state index is 12.5. The van der Waals surface area contributed by atoms with Gasteiger partial charge in [0.25, 0.3) is 5.91 Å². The van der Waals surface area contributed by atoms with Crippen LogP contribution in [0.15, 0.2) is 82.9 Å². The monoisotopic (exact) mass is 522 g/mol. The number of nitrogens with zero attached hydrogens (tertiary/aromatic N) is 1. The van der Waals surface area contributed by atoms with Gasteiger partial charge < -0.3 is 14.2 Å². The number of rotatable bonds is 11. The van der Waals surface area contributed by atoms with E-state index >= 15 is 0 Å². The second-order valence-electron chi connectivity index (χ2n) is 7.36. The number of hydrogen-bond acceptors (Lipinski definition) is 5. The van der Waals surface area contributed by atoms with E-state index in [1.165, 1.54) is 5.56 Å². The standard InChI is InChI=1S/C27H27BrN2O4/c1-4-14-33-25-13-11-22(16-26(25)32-5-2)27(31)30-29-17-21-10-12-24(23(28)15-21)34-18-20-8-6-19(3)7-9-20/h4,6-13,15-17H,1,5,14,18H2,2-3H3,(H,30,31)/b29-17+. The van der Waals surface area contributed by atoms with Crippen molar-refractivity contribution < 1.29 is 19.0 Å². The van der Waals surface area contributed by atoms with Crippen LogP contribution in [-0.4, -0.2) is 25.3 Å². The van der Waals surface area contributed by atoms with Gasteiger partial charge in [0.1, 0.15) is 19.0 Å². The fourth-order valence-electron chi connectivity index (χ4n) is 2.98. The molecule has 0 bridgehead atoms. The molecule has 0 aromatic heterocycles. The van der Waals surface area contributed by atoms with Crippen LogP contribution in [0, 0.1) is 6.92 Å². The number of hydrazone groups is 1. The van der Waals surface area contributed by atoms with Crippen LogP contribution in [0.25, 0.3) is 0 Å². The van der Waals surface area contributed by atoms with E-state index in [1.54, 1.807) is 30.5 Å². The van der Waals surface area contributed by atoms with Crippen LogP contribution in [-0.2, 0) is 6.61 Å². The van der Waals surface area contributed by atoms with E-state index in [0.29, 0.717) is 36.9 Å². The first-order valence-electron chi connectivity index (χ1n) is 10.8. The van der Waals surface area contributed by atoms with Gasteiger partial charge in [-0.3, -0.25) is 4.79 Å². The lowest BCUT2D eigenvalue weighted by Gasteiger charge is -2.12. The molecule has 0 atom stereocenters. The highest BCUT2D eigenvalue weighted by atomic mass is 79.9. The summed E-state index contributed by atoms with van der Waals surface area (Å²) in [5.41, 5.74) is 6.06. The summed E-state index contributed by atoms with van der Waals surface area (Å²) in [7, 11) is 0. The van der Waals surface area contributed by atoms with E-state index in [0.717, 1.165) is 21.3 Å². The Kier molecular flexibility index (Phi) is 9.29. The van der Waals surface area contributed by atoms with Crippen LogP contribution in [0.4, 0.5) is 0 Å². The van der Waals surface area contributed by atoms with Gasteiger partial charge in [0.05, 0.1) is 17.3 Å². The SMILES string of the molecule is C=CCOc1ccc(C(=O)N/N=C/c2ccc(OCc3ccc(C)cc3)c(Br)c2)cc1OCC. The van der Waals surface area contributed by atoms with Crippen molar-refractivity contribution in [2.24, 2.45) is 5.10 Å². The van der Waals surface area contributed by atoms with Crippen molar-refractivity contribution in [1.29, 1.82) is 0 Å². The molecule has 0 aliphatic heterocycles. The first-order valence-corrected chi connectivity index (χ1v) is 11.6. The van der Waals surface area contributed by atoms with Crippen molar-refractivity contribution in [3.63, 3.8) is 0 Å². The molecule has 0 radical (unpaired) electrons. The van der Waals surface area contributed by atoms with E-state index in [2.05, 4.69) is 52.1 Å². The largest absolute Gasteiger partial charge is 0.490 e. The van der Waals surface area contributed by atoms with Crippen molar-refractivity contribution in [1.82, 2.24) is 5.43 Å². The third kappa shape index (κ3) is 7.22. The molecule has 3 aromatic rings. The summed E-state index contributed by atoms with van der Waals surface area (Å²) in [4.78, 5) is 12.5. The quantitative estimate of drug-likeness (QED) is 0.188. The van der Waals surface area contributed by atoms with Gasteiger partial charge in [-0.05, 0) is 77.3 Å². The van der Waals surface area contributed by atoms with E-state index in [1.807, 2.05) is 37.3 Å². The zero-order valence-corrected chi connectivity index (χ0v) is 20.8. The fraction of sp³-hybridized carbons (Fsp3) is 0.185. The van der Waals surface area contributed by atoms with Crippen LogP contribution in [0.5, 0.6) is 17.2 Å². The van der Waals surface area contributed by atoms with Gasteiger partial charge in [0.15, 0.2) is 11.5 Å². The second kappa shape index (κ2) is 12.6. The second-order valence-corrected chi connectivity index (χ2v) is 8.21. The topological polar surface area (TPSA) is 69.2 Å². The molecule has 1 amide bonds. The van der Waals surface area contributed by atoms with Crippen LogP contribution in [0.2, 0.25) is 0 Å². The molecule has 0 saturated heterocycles. The molecule has 3 rings (SSSR count). The highest BCUT2D eigenvalue weighted by Crippen LogP contribution is 2.29. The summed E-state index contributed by atoms with van der Waals surface area (Å²) < 4.78 is 17.8. The molecule has 0 unspecified atom stereocenters. The zero-order valence-electron chi connectivity index (χ0n) is 19.2. The maximum Gasteiger partial charge on any atom is 0.271 e. The molecule has 0 aliphatic rings. The molecule has 176 valence electrons. The molecule has 1 N–H and O–H groups in total. The summed E-state index contributed by atoms with van der Waals surface area (Å²) in [5.74, 6) is 1.41. The van der Waals surface area contributed by atoms with E-state index in [-0.39, 0.29) is 5.91 Å². The van der Waals surface area contributed by atoms with Crippen molar-refractivity contribution in [3.05, 3.63) is 100 Å². The number of carbonyl (C=O) groups excluding carboxylic acids is 1. The molecule has 0 spiro atoms. The summed E-state index contributed by atoms with van der Waals surface area (Å²) in [5, 5.41) is 4.07. The van der Waals surface area contributed by atoms with Gasteiger partial charge in [0, 0.05) is 5.56 Å². The van der Waals surface area contributed by atoms with Gasteiger partial charge >= 0.3 is 0 Å². The van der Waals surface area contributed by atoms with Gasteiger partial charge in [0.2, 0.25) is 0 Å². The number of ether oxygens (including phenoxy) is 3. The average molecular weight is 523 g/mol. The zero-order chi connectivity index (χ0) is 24.3. The third-order valence-electron chi connectivity index (χ3n) is 4.71. The van der Waals surface area contributed by atoms with E-state index in [9.17, 15) is 4.79 Å². The Balaban J connectivity index is 1.59. The molecule has 7 heteroatoms. The Morgan fingerprint density at radius 2 is 1.76 bits per heavy atom. The predicted molar refractivity (Wildman–Crippen MR) is 138 cm³/mol. The Bertz CT molecular complexity index is 1160. The maximum absolute atomic E-state index is 12.5. The smallest absolute Gasteiger partial charge is 0.271 e.